The van der Waals surface area contributed by atoms with E-state index in [4.69, 9.17) is 0 Å². The third kappa shape index (κ3) is 9.26. The van der Waals surface area contributed by atoms with Gasteiger partial charge in [0.1, 0.15) is 0 Å². The first-order valence-electron chi connectivity index (χ1n) is 7.48. The summed E-state index contributed by atoms with van der Waals surface area (Å²) in [6.07, 6.45) is 11.7. The largest absolute Gasteiger partial charge is 0.378 e. The molecule has 0 aliphatic heterocycles. The molecule has 0 amide bonds. The van der Waals surface area contributed by atoms with Crippen molar-refractivity contribution in [3.05, 3.63) is 11.8 Å². The first kappa shape index (κ1) is 16.5. The lowest BCUT2D eigenvalue weighted by molar-refractivity contribution is 0.373. The lowest BCUT2D eigenvalue weighted by Crippen LogP contribution is -2.19. The summed E-state index contributed by atoms with van der Waals surface area (Å²) < 4.78 is 0. The van der Waals surface area contributed by atoms with E-state index in [1.54, 1.807) is 0 Å². The van der Waals surface area contributed by atoms with Crippen molar-refractivity contribution < 1.29 is 0 Å². The molecule has 0 saturated heterocycles. The molecule has 1 heteroatoms. The number of nitrogens with zero attached hydrogens (tertiary/aromatic N) is 1. The number of allylic oxidation sites excluding steroid dienone is 2. The van der Waals surface area contributed by atoms with Crippen LogP contribution < -0.4 is 0 Å². The van der Waals surface area contributed by atoms with Crippen LogP contribution in [-0.2, 0) is 0 Å². The molecule has 0 radical (unpaired) electrons. The minimum atomic E-state index is 0.808. The number of unbranched alkanes of at least 4 members (excludes halogenated alkanes) is 4. The van der Waals surface area contributed by atoms with E-state index in [1.165, 1.54) is 57.2 Å². The summed E-state index contributed by atoms with van der Waals surface area (Å²) in [5, 5.41) is 0. The highest BCUT2D eigenvalue weighted by Crippen LogP contribution is 2.15. The van der Waals surface area contributed by atoms with E-state index < -0.39 is 0 Å². The van der Waals surface area contributed by atoms with Gasteiger partial charge in [0.25, 0.3) is 0 Å². The van der Waals surface area contributed by atoms with Crippen molar-refractivity contribution in [2.45, 2.75) is 72.6 Å². The zero-order valence-electron chi connectivity index (χ0n) is 12.8. The van der Waals surface area contributed by atoms with Crippen LogP contribution in [-0.4, -0.2) is 18.5 Å². The number of rotatable bonds is 10. The summed E-state index contributed by atoms with van der Waals surface area (Å²) in [4.78, 5) is 2.45. The van der Waals surface area contributed by atoms with Crippen LogP contribution in [0, 0.1) is 5.92 Å². The van der Waals surface area contributed by atoms with Crippen molar-refractivity contribution in [1.29, 1.82) is 0 Å². The van der Waals surface area contributed by atoms with Gasteiger partial charge in [-0.15, -0.1) is 0 Å². The Balaban J connectivity index is 3.73. The van der Waals surface area contributed by atoms with Gasteiger partial charge in [0.15, 0.2) is 0 Å². The molecule has 0 atom stereocenters. The molecule has 0 aromatic carbocycles. The standard InChI is InChI=1S/C16H33N/c1-6-8-9-10-11-14-17(5)16(7-2)13-12-15(3)4/h7,15H,6,8-14H2,1-5H3/b16-7-. The third-order valence-corrected chi connectivity index (χ3v) is 3.40. The van der Waals surface area contributed by atoms with Gasteiger partial charge in [0.2, 0.25) is 0 Å². The van der Waals surface area contributed by atoms with Gasteiger partial charge >= 0.3 is 0 Å². The van der Waals surface area contributed by atoms with E-state index in [2.05, 4.69) is 45.7 Å². The van der Waals surface area contributed by atoms with Gasteiger partial charge in [-0.25, -0.2) is 0 Å². The van der Waals surface area contributed by atoms with Gasteiger partial charge < -0.3 is 4.90 Å². The second kappa shape index (κ2) is 10.7. The monoisotopic (exact) mass is 239 g/mol. The molecule has 0 N–H and O–H groups in total. The van der Waals surface area contributed by atoms with Crippen LogP contribution in [0.4, 0.5) is 0 Å². The maximum Gasteiger partial charge on any atom is 0.0171 e. The number of hydrogen-bond donors (Lipinski definition) is 0. The Morgan fingerprint density at radius 3 is 2.29 bits per heavy atom. The molecular weight excluding hydrogens is 206 g/mol. The molecule has 0 bridgehead atoms. The minimum absolute atomic E-state index is 0.808. The van der Waals surface area contributed by atoms with E-state index in [1.807, 2.05) is 0 Å². The summed E-state index contributed by atoms with van der Waals surface area (Å²) in [7, 11) is 2.25. The predicted octanol–water partition coefficient (Wildman–Crippen LogP) is 5.23. The van der Waals surface area contributed by atoms with Crippen LogP contribution in [0.5, 0.6) is 0 Å². The average molecular weight is 239 g/mol. The lowest BCUT2D eigenvalue weighted by Gasteiger charge is -2.23. The van der Waals surface area contributed by atoms with Crippen LogP contribution >= 0.6 is 0 Å². The van der Waals surface area contributed by atoms with Crippen LogP contribution in [0.2, 0.25) is 0 Å². The molecule has 0 rings (SSSR count). The van der Waals surface area contributed by atoms with Gasteiger partial charge in [-0.1, -0.05) is 52.5 Å². The lowest BCUT2D eigenvalue weighted by atomic mass is 10.1. The van der Waals surface area contributed by atoms with E-state index in [0.29, 0.717) is 0 Å². The van der Waals surface area contributed by atoms with Gasteiger partial charge in [-0.3, -0.25) is 0 Å². The highest BCUT2D eigenvalue weighted by molar-refractivity contribution is 4.98. The smallest absolute Gasteiger partial charge is 0.0171 e. The Morgan fingerprint density at radius 1 is 1.12 bits per heavy atom. The van der Waals surface area contributed by atoms with Crippen molar-refractivity contribution in [2.24, 2.45) is 5.92 Å². The Bertz CT molecular complexity index is 194. The summed E-state index contributed by atoms with van der Waals surface area (Å²) >= 11 is 0. The molecule has 0 spiro atoms. The maximum absolute atomic E-state index is 2.45. The number of hydrogen-bond acceptors (Lipinski definition) is 1. The predicted molar refractivity (Wildman–Crippen MR) is 79.2 cm³/mol. The van der Waals surface area contributed by atoms with Crippen LogP contribution in [0.15, 0.2) is 11.8 Å². The van der Waals surface area contributed by atoms with Crippen molar-refractivity contribution in [3.8, 4) is 0 Å². The molecular formula is C16H33N. The molecule has 0 heterocycles. The van der Waals surface area contributed by atoms with Crippen LogP contribution in [0.25, 0.3) is 0 Å². The quantitative estimate of drug-likeness (QED) is 0.472. The molecule has 0 aromatic heterocycles. The second-order valence-electron chi connectivity index (χ2n) is 5.55. The molecule has 0 aromatic rings. The molecule has 0 aliphatic carbocycles. The normalized spacial score (nSPS) is 12.2. The van der Waals surface area contributed by atoms with Crippen molar-refractivity contribution >= 4 is 0 Å². The second-order valence-corrected chi connectivity index (χ2v) is 5.55. The zero-order valence-corrected chi connectivity index (χ0v) is 12.8. The molecule has 1 nitrogen and oxygen atoms in total. The van der Waals surface area contributed by atoms with E-state index in [0.717, 1.165) is 5.92 Å². The topological polar surface area (TPSA) is 3.24 Å². The minimum Gasteiger partial charge on any atom is -0.378 e. The van der Waals surface area contributed by atoms with Crippen molar-refractivity contribution in [1.82, 2.24) is 4.90 Å². The van der Waals surface area contributed by atoms with Gasteiger partial charge in [-0.2, -0.15) is 0 Å². The molecule has 0 aliphatic rings. The van der Waals surface area contributed by atoms with E-state index in [9.17, 15) is 0 Å². The Labute approximate surface area is 109 Å². The van der Waals surface area contributed by atoms with Crippen LogP contribution in [0.3, 0.4) is 0 Å². The Hall–Kier alpha value is -0.460. The Morgan fingerprint density at radius 2 is 1.76 bits per heavy atom. The first-order chi connectivity index (χ1) is 8.11. The molecule has 17 heavy (non-hydrogen) atoms. The summed E-state index contributed by atoms with van der Waals surface area (Å²) in [6, 6.07) is 0. The fraction of sp³-hybridized carbons (Fsp3) is 0.875. The molecule has 0 fully saturated rings. The average Bonchev–Trinajstić information content (AvgIpc) is 2.29. The highest BCUT2D eigenvalue weighted by Gasteiger charge is 2.04. The first-order valence-corrected chi connectivity index (χ1v) is 7.48. The summed E-state index contributed by atoms with van der Waals surface area (Å²) in [5.41, 5.74) is 1.52. The van der Waals surface area contributed by atoms with Gasteiger partial charge in [0.05, 0.1) is 0 Å². The fourth-order valence-electron chi connectivity index (χ4n) is 2.09. The molecule has 0 unspecified atom stereocenters. The molecule has 0 saturated carbocycles. The zero-order chi connectivity index (χ0) is 13.1. The van der Waals surface area contributed by atoms with Crippen LogP contribution in [0.1, 0.15) is 72.6 Å². The van der Waals surface area contributed by atoms with Gasteiger partial charge in [-0.05, 0) is 32.1 Å². The van der Waals surface area contributed by atoms with E-state index >= 15 is 0 Å². The Kier molecular flexibility index (Phi) is 10.4. The summed E-state index contributed by atoms with van der Waals surface area (Å²) in [5.74, 6) is 0.808. The van der Waals surface area contributed by atoms with Crippen molar-refractivity contribution in [3.63, 3.8) is 0 Å². The summed E-state index contributed by atoms with van der Waals surface area (Å²) in [6.45, 7) is 10.3. The van der Waals surface area contributed by atoms with E-state index in [-0.39, 0.29) is 0 Å². The fourth-order valence-corrected chi connectivity index (χ4v) is 2.09. The van der Waals surface area contributed by atoms with Crippen molar-refractivity contribution in [2.75, 3.05) is 13.6 Å². The SMILES string of the molecule is C/C=C(/CCC(C)C)N(C)CCCCCCC. The third-order valence-electron chi connectivity index (χ3n) is 3.40. The highest BCUT2D eigenvalue weighted by atomic mass is 15.1. The molecule has 102 valence electrons. The van der Waals surface area contributed by atoms with Gasteiger partial charge in [0, 0.05) is 19.3 Å². The maximum atomic E-state index is 2.45.